The molecule has 132 valence electrons. The molecule has 0 unspecified atom stereocenters. The van der Waals surface area contributed by atoms with Gasteiger partial charge in [-0.1, -0.05) is 12.1 Å². The zero-order valence-electron chi connectivity index (χ0n) is 14.4. The molecule has 1 aromatic carbocycles. The molecule has 1 aliphatic heterocycles. The lowest BCUT2D eigenvalue weighted by atomic mass is 10.1. The molecule has 2 aromatic rings. The molecule has 1 saturated heterocycles. The van der Waals surface area contributed by atoms with Crippen molar-refractivity contribution in [2.45, 2.75) is 25.7 Å². The smallest absolute Gasteiger partial charge is 0.227 e. The quantitative estimate of drug-likeness (QED) is 0.817. The second kappa shape index (κ2) is 7.31. The normalized spacial score (nSPS) is 19.0. The van der Waals surface area contributed by atoms with Crippen LogP contribution in [0.3, 0.4) is 0 Å². The van der Waals surface area contributed by atoms with Gasteiger partial charge in [0.2, 0.25) is 5.91 Å². The number of nitrogens with zero attached hydrogens (tertiary/aromatic N) is 6. The summed E-state index contributed by atoms with van der Waals surface area (Å²) in [7, 11) is 0. The molecule has 1 amide bonds. The summed E-state index contributed by atoms with van der Waals surface area (Å²) in [4.78, 5) is 17.2. The summed E-state index contributed by atoms with van der Waals surface area (Å²) in [5.74, 6) is 1.14. The van der Waals surface area contributed by atoms with Crippen LogP contribution in [0.25, 0.3) is 5.69 Å². The Labute approximate surface area is 147 Å². The van der Waals surface area contributed by atoms with Gasteiger partial charge in [0.1, 0.15) is 6.33 Å². The zero-order valence-corrected chi connectivity index (χ0v) is 14.4. The number of aromatic nitrogens is 4. The number of tetrazole rings is 1. The molecule has 4 rings (SSSR count). The third-order valence-corrected chi connectivity index (χ3v) is 5.06. The van der Waals surface area contributed by atoms with Crippen LogP contribution in [-0.4, -0.2) is 68.6 Å². The van der Waals surface area contributed by atoms with Gasteiger partial charge in [-0.2, -0.15) is 0 Å². The van der Waals surface area contributed by atoms with Gasteiger partial charge >= 0.3 is 0 Å². The summed E-state index contributed by atoms with van der Waals surface area (Å²) in [5, 5.41) is 11.1. The maximum Gasteiger partial charge on any atom is 0.227 e. The van der Waals surface area contributed by atoms with E-state index in [9.17, 15) is 4.79 Å². The largest absolute Gasteiger partial charge is 0.341 e. The Kier molecular flexibility index (Phi) is 4.74. The number of amides is 1. The molecular formula is C18H24N6O. The molecule has 2 fully saturated rings. The van der Waals surface area contributed by atoms with Crippen LogP contribution in [0.15, 0.2) is 30.6 Å². The monoisotopic (exact) mass is 340 g/mol. The van der Waals surface area contributed by atoms with Gasteiger partial charge in [0, 0.05) is 26.2 Å². The van der Waals surface area contributed by atoms with Crippen molar-refractivity contribution in [2.75, 3.05) is 32.7 Å². The SMILES string of the molecule is O=C(Cc1ccc(-n2cnnn2)cc1)N1CCCN(CC2CC2)CC1. The molecule has 0 N–H and O–H groups in total. The number of carbonyl (C=O) groups excluding carboxylic acids is 1. The number of hydrogen-bond acceptors (Lipinski definition) is 5. The molecule has 7 heteroatoms. The minimum absolute atomic E-state index is 0.225. The number of rotatable bonds is 5. The second-order valence-electron chi connectivity index (χ2n) is 7.08. The van der Waals surface area contributed by atoms with E-state index in [4.69, 9.17) is 0 Å². The van der Waals surface area contributed by atoms with Crippen molar-refractivity contribution in [3.8, 4) is 5.69 Å². The van der Waals surface area contributed by atoms with Gasteiger partial charge in [-0.25, -0.2) is 4.68 Å². The van der Waals surface area contributed by atoms with Crippen LogP contribution in [0.4, 0.5) is 0 Å². The molecule has 2 heterocycles. The molecule has 0 radical (unpaired) electrons. The van der Waals surface area contributed by atoms with Crippen LogP contribution in [0, 0.1) is 5.92 Å². The number of carbonyl (C=O) groups is 1. The Morgan fingerprint density at radius 3 is 2.64 bits per heavy atom. The predicted octanol–water partition coefficient (Wildman–Crippen LogP) is 1.15. The minimum atomic E-state index is 0.225. The minimum Gasteiger partial charge on any atom is -0.341 e. The zero-order chi connectivity index (χ0) is 17.1. The summed E-state index contributed by atoms with van der Waals surface area (Å²) in [6.07, 6.45) is 5.87. The second-order valence-corrected chi connectivity index (χ2v) is 7.08. The summed E-state index contributed by atoms with van der Waals surface area (Å²) >= 11 is 0. The van der Waals surface area contributed by atoms with Crippen molar-refractivity contribution in [1.29, 1.82) is 0 Å². The van der Waals surface area contributed by atoms with Crippen LogP contribution in [-0.2, 0) is 11.2 Å². The van der Waals surface area contributed by atoms with Gasteiger partial charge in [0.05, 0.1) is 12.1 Å². The summed E-state index contributed by atoms with van der Waals surface area (Å²) in [6, 6.07) is 7.84. The van der Waals surface area contributed by atoms with Crippen LogP contribution < -0.4 is 0 Å². The van der Waals surface area contributed by atoms with Gasteiger partial charge in [0.25, 0.3) is 0 Å². The highest BCUT2D eigenvalue weighted by Gasteiger charge is 2.26. The molecule has 1 saturated carbocycles. The molecule has 0 bridgehead atoms. The van der Waals surface area contributed by atoms with Crippen molar-refractivity contribution < 1.29 is 4.79 Å². The van der Waals surface area contributed by atoms with Crippen LogP contribution >= 0.6 is 0 Å². The van der Waals surface area contributed by atoms with Gasteiger partial charge in [0.15, 0.2) is 0 Å². The molecule has 7 nitrogen and oxygen atoms in total. The van der Waals surface area contributed by atoms with Crippen LogP contribution in [0.1, 0.15) is 24.8 Å². The fourth-order valence-corrected chi connectivity index (χ4v) is 3.40. The average Bonchev–Trinajstić information content (AvgIpc) is 3.34. The highest BCUT2D eigenvalue weighted by Crippen LogP contribution is 2.29. The van der Waals surface area contributed by atoms with Crippen molar-refractivity contribution in [2.24, 2.45) is 5.92 Å². The topological polar surface area (TPSA) is 67.2 Å². The summed E-state index contributed by atoms with van der Waals surface area (Å²) < 4.78 is 1.61. The van der Waals surface area contributed by atoms with E-state index in [-0.39, 0.29) is 5.91 Å². The summed E-state index contributed by atoms with van der Waals surface area (Å²) in [5.41, 5.74) is 1.92. The number of benzene rings is 1. The Morgan fingerprint density at radius 2 is 1.92 bits per heavy atom. The van der Waals surface area contributed by atoms with Gasteiger partial charge in [-0.15, -0.1) is 5.10 Å². The van der Waals surface area contributed by atoms with E-state index in [1.807, 2.05) is 29.2 Å². The molecular weight excluding hydrogens is 316 g/mol. The fourth-order valence-electron chi connectivity index (χ4n) is 3.40. The molecule has 0 atom stereocenters. The maximum atomic E-state index is 12.6. The van der Waals surface area contributed by atoms with E-state index in [1.165, 1.54) is 19.4 Å². The first-order valence-corrected chi connectivity index (χ1v) is 9.10. The third kappa shape index (κ3) is 4.22. The third-order valence-electron chi connectivity index (χ3n) is 5.06. The van der Waals surface area contributed by atoms with Crippen molar-refractivity contribution in [3.63, 3.8) is 0 Å². The Morgan fingerprint density at radius 1 is 1.08 bits per heavy atom. The van der Waals surface area contributed by atoms with Crippen LogP contribution in [0.5, 0.6) is 0 Å². The highest BCUT2D eigenvalue weighted by atomic mass is 16.2. The van der Waals surface area contributed by atoms with E-state index >= 15 is 0 Å². The summed E-state index contributed by atoms with van der Waals surface area (Å²) in [6.45, 7) is 5.10. The van der Waals surface area contributed by atoms with E-state index in [1.54, 1.807) is 11.0 Å². The first-order valence-electron chi connectivity index (χ1n) is 9.10. The van der Waals surface area contributed by atoms with Gasteiger partial charge in [-0.3, -0.25) is 4.79 Å². The van der Waals surface area contributed by atoms with E-state index in [2.05, 4.69) is 20.4 Å². The molecule has 0 spiro atoms. The first kappa shape index (κ1) is 16.2. The fraction of sp³-hybridized carbons (Fsp3) is 0.556. The van der Waals surface area contributed by atoms with Gasteiger partial charge < -0.3 is 9.80 Å². The lowest BCUT2D eigenvalue weighted by Gasteiger charge is -2.22. The molecule has 2 aliphatic rings. The van der Waals surface area contributed by atoms with E-state index < -0.39 is 0 Å². The molecule has 1 aliphatic carbocycles. The highest BCUT2D eigenvalue weighted by molar-refractivity contribution is 5.78. The van der Waals surface area contributed by atoms with E-state index in [0.717, 1.165) is 49.8 Å². The molecule has 1 aromatic heterocycles. The Bertz CT molecular complexity index is 695. The lowest BCUT2D eigenvalue weighted by molar-refractivity contribution is -0.130. The standard InChI is InChI=1S/C18H24N6O/c25-18(23-9-1-8-22(10-11-23)13-16-2-3-16)12-15-4-6-17(7-5-15)24-14-19-20-21-24/h4-7,14,16H,1-3,8-13H2. The lowest BCUT2D eigenvalue weighted by Crippen LogP contribution is -2.36. The Hall–Kier alpha value is -2.28. The Balaban J connectivity index is 1.31. The maximum absolute atomic E-state index is 12.6. The van der Waals surface area contributed by atoms with Crippen molar-refractivity contribution in [1.82, 2.24) is 30.0 Å². The predicted molar refractivity (Wildman–Crippen MR) is 93.2 cm³/mol. The average molecular weight is 340 g/mol. The number of hydrogen-bond donors (Lipinski definition) is 0. The van der Waals surface area contributed by atoms with Gasteiger partial charge in [-0.05, 0) is 59.8 Å². The molecule has 25 heavy (non-hydrogen) atoms. The van der Waals surface area contributed by atoms with Crippen LogP contribution in [0.2, 0.25) is 0 Å². The van der Waals surface area contributed by atoms with Crippen molar-refractivity contribution in [3.05, 3.63) is 36.2 Å². The first-order chi connectivity index (χ1) is 12.3. The van der Waals surface area contributed by atoms with Crippen molar-refractivity contribution >= 4 is 5.91 Å². The van der Waals surface area contributed by atoms with E-state index in [0.29, 0.717) is 6.42 Å².